The molecule has 4 nitrogen and oxygen atoms in total. The number of nitrogens with zero attached hydrogens (tertiary/aromatic N) is 2. The maximum atomic E-state index is 12.6. The third-order valence-electron chi connectivity index (χ3n) is 4.76. The lowest BCUT2D eigenvalue weighted by atomic mass is 9.97. The van der Waals surface area contributed by atoms with Gasteiger partial charge in [-0.2, -0.15) is 0 Å². The van der Waals surface area contributed by atoms with E-state index < -0.39 is 0 Å². The van der Waals surface area contributed by atoms with Crippen LogP contribution in [0.2, 0.25) is 0 Å². The van der Waals surface area contributed by atoms with Crippen LogP contribution in [-0.4, -0.2) is 54.7 Å². The molecule has 1 atom stereocenters. The van der Waals surface area contributed by atoms with Gasteiger partial charge < -0.3 is 14.6 Å². The van der Waals surface area contributed by atoms with Crippen molar-refractivity contribution in [1.29, 1.82) is 0 Å². The summed E-state index contributed by atoms with van der Waals surface area (Å²) in [5.74, 6) is 0.749. The fourth-order valence-electron chi connectivity index (χ4n) is 3.40. The molecule has 132 valence electrons. The summed E-state index contributed by atoms with van der Waals surface area (Å²) in [5.41, 5.74) is 1.25. The molecule has 1 aromatic carbocycles. The van der Waals surface area contributed by atoms with Gasteiger partial charge in [0.2, 0.25) is 5.91 Å². The minimum atomic E-state index is 0.0868. The second-order valence-corrected chi connectivity index (χ2v) is 7.05. The number of piperidine rings is 1. The van der Waals surface area contributed by atoms with E-state index in [1.165, 1.54) is 18.4 Å². The van der Waals surface area contributed by atoms with E-state index in [1.807, 2.05) is 23.1 Å². The second kappa shape index (κ2) is 9.58. The summed E-state index contributed by atoms with van der Waals surface area (Å²) in [4.78, 5) is 28.1. The van der Waals surface area contributed by atoms with Gasteiger partial charge >= 0.3 is 0 Å². The Bertz CT molecular complexity index is 530. The number of Topliss-reactive ketones (excluding diaryl/α,β-unsaturated/α-hetero) is 1. The van der Waals surface area contributed by atoms with Gasteiger partial charge in [-0.1, -0.05) is 30.3 Å². The highest BCUT2D eigenvalue weighted by molar-refractivity contribution is 5.83. The predicted octanol–water partition coefficient (Wildman–Crippen LogP) is 2.77. The first-order valence-electron chi connectivity index (χ1n) is 9.04. The van der Waals surface area contributed by atoms with Crippen molar-refractivity contribution in [2.75, 3.05) is 33.2 Å². The van der Waals surface area contributed by atoms with E-state index in [4.69, 9.17) is 0 Å². The number of rotatable bonds is 8. The molecule has 1 saturated heterocycles. The van der Waals surface area contributed by atoms with Crippen molar-refractivity contribution in [3.63, 3.8) is 0 Å². The molecule has 2 rings (SSSR count). The Morgan fingerprint density at radius 2 is 1.96 bits per heavy atom. The zero-order chi connectivity index (χ0) is 17.4. The highest BCUT2D eigenvalue weighted by atomic mass is 16.2. The molecule has 1 aliphatic rings. The smallest absolute Gasteiger partial charge is 0.223 e. The van der Waals surface area contributed by atoms with Crippen molar-refractivity contribution < 1.29 is 9.59 Å². The fourth-order valence-corrected chi connectivity index (χ4v) is 3.40. The van der Waals surface area contributed by atoms with Crippen LogP contribution in [0.25, 0.3) is 0 Å². The Hall–Kier alpha value is -1.68. The molecule has 0 aromatic heterocycles. The summed E-state index contributed by atoms with van der Waals surface area (Å²) >= 11 is 0. The normalized spacial score (nSPS) is 18.3. The zero-order valence-electron chi connectivity index (χ0n) is 15.0. The van der Waals surface area contributed by atoms with Crippen LogP contribution in [0.15, 0.2) is 30.3 Å². The quantitative estimate of drug-likeness (QED) is 0.736. The fraction of sp³-hybridized carbons (Fsp3) is 0.600. The second-order valence-electron chi connectivity index (χ2n) is 7.05. The predicted molar refractivity (Wildman–Crippen MR) is 96.9 cm³/mol. The van der Waals surface area contributed by atoms with Crippen LogP contribution in [-0.2, 0) is 16.0 Å². The summed E-state index contributed by atoms with van der Waals surface area (Å²) in [7, 11) is 2.15. The molecule has 4 heteroatoms. The Kier molecular flexibility index (Phi) is 7.44. The average molecular weight is 330 g/mol. The van der Waals surface area contributed by atoms with E-state index in [9.17, 15) is 9.59 Å². The van der Waals surface area contributed by atoms with Gasteiger partial charge in [-0.3, -0.25) is 4.79 Å². The summed E-state index contributed by atoms with van der Waals surface area (Å²) in [6.07, 6.45) is 3.95. The van der Waals surface area contributed by atoms with Crippen LogP contribution in [0.5, 0.6) is 0 Å². The van der Waals surface area contributed by atoms with E-state index in [2.05, 4.69) is 24.1 Å². The summed E-state index contributed by atoms with van der Waals surface area (Å²) in [6.45, 7) is 5.31. The van der Waals surface area contributed by atoms with Crippen LogP contribution in [0, 0.1) is 5.92 Å². The minimum absolute atomic E-state index is 0.0868. The maximum Gasteiger partial charge on any atom is 0.223 e. The summed E-state index contributed by atoms with van der Waals surface area (Å²) in [6, 6.07) is 10.3. The number of hydrogen-bond donors (Lipinski definition) is 0. The average Bonchev–Trinajstić information content (AvgIpc) is 2.57. The monoisotopic (exact) mass is 330 g/mol. The van der Waals surface area contributed by atoms with Crippen molar-refractivity contribution in [3.8, 4) is 0 Å². The van der Waals surface area contributed by atoms with Crippen molar-refractivity contribution in [2.24, 2.45) is 5.92 Å². The Morgan fingerprint density at radius 3 is 2.62 bits per heavy atom. The molecule has 1 amide bonds. The molecule has 0 aliphatic carbocycles. The standard InChI is InChI=1S/C20H30N2O2/c1-17(23)10-11-20(24)22(14-12-18-7-4-3-5-8-18)16-19-9-6-13-21(2)15-19/h3-5,7-8,19H,6,9-16H2,1-2H3/t19-/m0/s1. The number of amides is 1. The van der Waals surface area contributed by atoms with Gasteiger partial charge in [0.15, 0.2) is 0 Å². The van der Waals surface area contributed by atoms with Crippen molar-refractivity contribution in [3.05, 3.63) is 35.9 Å². The molecular formula is C20H30N2O2. The Labute approximate surface area is 145 Å². The Morgan fingerprint density at radius 1 is 1.21 bits per heavy atom. The molecule has 1 fully saturated rings. The first kappa shape index (κ1) is 18.7. The van der Waals surface area contributed by atoms with Crippen LogP contribution in [0.3, 0.4) is 0 Å². The molecule has 0 radical (unpaired) electrons. The highest BCUT2D eigenvalue weighted by Gasteiger charge is 2.22. The molecule has 1 aromatic rings. The van der Waals surface area contributed by atoms with E-state index in [-0.39, 0.29) is 11.7 Å². The van der Waals surface area contributed by atoms with Crippen LogP contribution < -0.4 is 0 Å². The van der Waals surface area contributed by atoms with E-state index in [0.717, 1.165) is 32.6 Å². The first-order chi connectivity index (χ1) is 11.5. The minimum Gasteiger partial charge on any atom is -0.342 e. The number of likely N-dealkylation sites (tertiary alicyclic amines) is 1. The van der Waals surface area contributed by atoms with Crippen LogP contribution in [0.1, 0.15) is 38.2 Å². The third-order valence-corrected chi connectivity index (χ3v) is 4.76. The highest BCUT2D eigenvalue weighted by Crippen LogP contribution is 2.17. The van der Waals surface area contributed by atoms with Gasteiger partial charge in [-0.05, 0) is 51.3 Å². The SMILES string of the molecule is CC(=O)CCC(=O)N(CCc1ccccc1)C[C@H]1CCCN(C)C1. The molecule has 1 heterocycles. The van der Waals surface area contributed by atoms with Gasteiger partial charge in [0.25, 0.3) is 0 Å². The molecule has 1 aliphatic heterocycles. The molecule has 24 heavy (non-hydrogen) atoms. The van der Waals surface area contributed by atoms with Crippen LogP contribution in [0.4, 0.5) is 0 Å². The van der Waals surface area contributed by atoms with Gasteiger partial charge in [0.05, 0.1) is 0 Å². The molecule has 0 saturated carbocycles. The number of benzene rings is 1. The largest absolute Gasteiger partial charge is 0.342 e. The van der Waals surface area contributed by atoms with Gasteiger partial charge in [0, 0.05) is 32.5 Å². The first-order valence-corrected chi connectivity index (χ1v) is 9.04. The van der Waals surface area contributed by atoms with E-state index >= 15 is 0 Å². The number of hydrogen-bond acceptors (Lipinski definition) is 3. The van der Waals surface area contributed by atoms with Crippen molar-refractivity contribution in [1.82, 2.24) is 9.80 Å². The molecular weight excluding hydrogens is 300 g/mol. The lowest BCUT2D eigenvalue weighted by Gasteiger charge is -2.34. The summed E-state index contributed by atoms with van der Waals surface area (Å²) in [5, 5.41) is 0. The van der Waals surface area contributed by atoms with E-state index in [1.54, 1.807) is 6.92 Å². The third kappa shape index (κ3) is 6.44. The molecule has 0 spiro atoms. The van der Waals surface area contributed by atoms with Crippen molar-refractivity contribution >= 4 is 11.7 Å². The number of carbonyl (C=O) groups is 2. The van der Waals surface area contributed by atoms with Crippen molar-refractivity contribution in [2.45, 2.75) is 39.0 Å². The summed E-state index contributed by atoms with van der Waals surface area (Å²) < 4.78 is 0. The zero-order valence-corrected chi connectivity index (χ0v) is 15.0. The van der Waals surface area contributed by atoms with Gasteiger partial charge in [0.1, 0.15) is 5.78 Å². The van der Waals surface area contributed by atoms with Gasteiger partial charge in [-0.25, -0.2) is 0 Å². The number of carbonyl (C=O) groups excluding carboxylic acids is 2. The van der Waals surface area contributed by atoms with E-state index in [0.29, 0.717) is 18.8 Å². The molecule has 0 unspecified atom stereocenters. The van der Waals surface area contributed by atoms with Gasteiger partial charge in [-0.15, -0.1) is 0 Å². The maximum absolute atomic E-state index is 12.6. The van der Waals surface area contributed by atoms with Crippen LogP contribution >= 0.6 is 0 Å². The topological polar surface area (TPSA) is 40.6 Å². The Balaban J connectivity index is 1.94. The molecule has 0 bridgehead atoms. The lowest BCUT2D eigenvalue weighted by Crippen LogP contribution is -2.42. The lowest BCUT2D eigenvalue weighted by molar-refractivity contribution is -0.133. The number of ketones is 1. The molecule has 0 N–H and O–H groups in total.